The van der Waals surface area contributed by atoms with Crippen LogP contribution in [0.1, 0.15) is 6.92 Å². The summed E-state index contributed by atoms with van der Waals surface area (Å²) in [6.45, 7) is 0.971. The monoisotopic (exact) mass is 199 g/mol. The van der Waals surface area contributed by atoms with Crippen LogP contribution in [-0.4, -0.2) is 33.3 Å². The molecule has 0 saturated heterocycles. The van der Waals surface area contributed by atoms with E-state index in [2.05, 4.69) is 5.32 Å². The standard InChI is InChI=1S/C4H7NO3.H3O3P/c1-3(6)5-2-4(7)8;1-4(2)3/h2H2,1H3,(H,5,6)(H,7,8);4H,(H2,1,2,3). The van der Waals surface area contributed by atoms with Gasteiger partial charge in [0.1, 0.15) is 6.54 Å². The fourth-order valence-corrected chi connectivity index (χ4v) is 0.200. The molecular weight excluding hydrogens is 189 g/mol. The third kappa shape index (κ3) is 35.6. The highest BCUT2D eigenvalue weighted by Crippen LogP contribution is 1.98. The molecule has 0 aromatic rings. The lowest BCUT2D eigenvalue weighted by Gasteiger charge is -1.92. The van der Waals surface area contributed by atoms with Gasteiger partial charge in [0.05, 0.1) is 0 Å². The second-order valence-electron chi connectivity index (χ2n) is 1.59. The Morgan fingerprint density at radius 2 is 1.75 bits per heavy atom. The highest BCUT2D eigenvalue weighted by molar-refractivity contribution is 7.30. The zero-order valence-electron chi connectivity index (χ0n) is 6.27. The van der Waals surface area contributed by atoms with Gasteiger partial charge in [0.15, 0.2) is 0 Å². The fourth-order valence-electron chi connectivity index (χ4n) is 0.200. The first kappa shape index (κ1) is 13.7. The summed E-state index contributed by atoms with van der Waals surface area (Å²) in [7, 11) is -3.13. The van der Waals surface area contributed by atoms with Crippen molar-refractivity contribution < 1.29 is 29.0 Å². The Morgan fingerprint density at radius 3 is 1.83 bits per heavy atom. The molecule has 0 aliphatic heterocycles. The molecular formula is C4H10NO6P. The van der Waals surface area contributed by atoms with Crippen molar-refractivity contribution in [2.75, 3.05) is 6.54 Å². The van der Waals surface area contributed by atoms with E-state index < -0.39 is 14.2 Å². The molecule has 0 aromatic carbocycles. The van der Waals surface area contributed by atoms with Crippen LogP contribution in [0.25, 0.3) is 0 Å². The van der Waals surface area contributed by atoms with E-state index in [9.17, 15) is 9.59 Å². The average Bonchev–Trinajstić information content (AvgIpc) is 1.82. The first-order chi connectivity index (χ1) is 5.36. The van der Waals surface area contributed by atoms with E-state index in [4.69, 9.17) is 19.5 Å². The average molecular weight is 199 g/mol. The Bertz CT molecular complexity index is 162. The van der Waals surface area contributed by atoms with Crippen molar-refractivity contribution in [3.63, 3.8) is 0 Å². The van der Waals surface area contributed by atoms with E-state index >= 15 is 0 Å². The summed E-state index contributed by atoms with van der Waals surface area (Å²) in [5.74, 6) is -1.35. The van der Waals surface area contributed by atoms with Gasteiger partial charge in [-0.1, -0.05) is 0 Å². The van der Waals surface area contributed by atoms with Crippen molar-refractivity contribution in [2.45, 2.75) is 6.92 Å². The Balaban J connectivity index is 0. The van der Waals surface area contributed by atoms with Crippen molar-refractivity contribution in [3.05, 3.63) is 0 Å². The molecule has 0 spiro atoms. The van der Waals surface area contributed by atoms with Crippen molar-refractivity contribution in [1.29, 1.82) is 0 Å². The molecule has 7 nitrogen and oxygen atoms in total. The van der Waals surface area contributed by atoms with Crippen LogP contribution in [-0.2, 0) is 14.2 Å². The van der Waals surface area contributed by atoms with Gasteiger partial charge in [0.25, 0.3) is 0 Å². The van der Waals surface area contributed by atoms with Gasteiger partial charge in [-0.2, -0.15) is 0 Å². The second-order valence-corrected chi connectivity index (χ2v) is 2.15. The molecule has 0 heterocycles. The number of hydrogen-bond donors (Lipinski definition) is 4. The largest absolute Gasteiger partial charge is 0.480 e. The van der Waals surface area contributed by atoms with Gasteiger partial charge in [-0.3, -0.25) is 14.2 Å². The summed E-state index contributed by atoms with van der Waals surface area (Å²) in [6.07, 6.45) is 0. The number of amides is 1. The minimum absolute atomic E-state index is 0.296. The lowest BCUT2D eigenvalue weighted by Crippen LogP contribution is -2.26. The molecule has 0 fully saturated rings. The molecule has 0 rings (SSSR count). The Morgan fingerprint density at radius 1 is 1.42 bits per heavy atom. The molecule has 0 aliphatic carbocycles. The zero-order valence-corrected chi connectivity index (χ0v) is 7.27. The third-order valence-electron chi connectivity index (χ3n) is 0.489. The van der Waals surface area contributed by atoms with Crippen LogP contribution in [0.4, 0.5) is 0 Å². The maximum absolute atomic E-state index is 9.97. The lowest BCUT2D eigenvalue weighted by molar-refractivity contribution is -0.137. The molecule has 0 aliphatic rings. The van der Waals surface area contributed by atoms with Gasteiger partial charge in [-0.05, 0) is 0 Å². The number of carbonyl (C=O) groups excluding carboxylic acids is 1. The molecule has 0 atom stereocenters. The van der Waals surface area contributed by atoms with Crippen LogP contribution in [0.2, 0.25) is 0 Å². The number of aliphatic carboxylic acids is 1. The van der Waals surface area contributed by atoms with Crippen LogP contribution in [0.5, 0.6) is 0 Å². The predicted octanol–water partition coefficient (Wildman–Crippen LogP) is -1.43. The van der Waals surface area contributed by atoms with Gasteiger partial charge in [-0.15, -0.1) is 0 Å². The van der Waals surface area contributed by atoms with Crippen LogP contribution in [0.3, 0.4) is 0 Å². The van der Waals surface area contributed by atoms with Gasteiger partial charge in [0, 0.05) is 6.92 Å². The van der Waals surface area contributed by atoms with Gasteiger partial charge in [-0.25, -0.2) is 0 Å². The molecule has 0 unspecified atom stereocenters. The van der Waals surface area contributed by atoms with Crippen LogP contribution >= 0.6 is 8.25 Å². The molecule has 0 bridgehead atoms. The minimum atomic E-state index is -3.13. The quantitative estimate of drug-likeness (QED) is 0.404. The Hall–Kier alpha value is -0.910. The molecule has 1 amide bonds. The molecule has 0 aromatic heterocycles. The smallest absolute Gasteiger partial charge is 0.322 e. The summed E-state index contributed by atoms with van der Waals surface area (Å²) in [5, 5.41) is 10.1. The van der Waals surface area contributed by atoms with Gasteiger partial charge < -0.3 is 20.2 Å². The number of rotatable bonds is 2. The summed E-state index contributed by atoms with van der Waals surface area (Å²) < 4.78 is 8.74. The molecule has 8 heteroatoms. The van der Waals surface area contributed by atoms with E-state index in [-0.39, 0.29) is 12.5 Å². The second kappa shape index (κ2) is 8.19. The van der Waals surface area contributed by atoms with E-state index in [1.165, 1.54) is 6.92 Å². The first-order valence-corrected chi connectivity index (χ1v) is 4.04. The number of carboxylic acid groups (broad SMARTS) is 1. The summed E-state index contributed by atoms with van der Waals surface area (Å²) >= 11 is 0. The lowest BCUT2D eigenvalue weighted by atomic mass is 10.6. The van der Waals surface area contributed by atoms with E-state index in [1.807, 2.05) is 0 Å². The summed E-state index contributed by atoms with van der Waals surface area (Å²) in [4.78, 5) is 34.0. The minimum Gasteiger partial charge on any atom is -0.480 e. The molecule has 0 radical (unpaired) electrons. The summed E-state index contributed by atoms with van der Waals surface area (Å²) in [6, 6.07) is 0. The summed E-state index contributed by atoms with van der Waals surface area (Å²) in [5.41, 5.74) is 0. The SMILES string of the molecule is CC(=O)NCC(=O)O.O=[PH](O)O. The van der Waals surface area contributed by atoms with Crippen molar-refractivity contribution in [1.82, 2.24) is 5.32 Å². The topological polar surface area (TPSA) is 124 Å². The van der Waals surface area contributed by atoms with E-state index in [0.717, 1.165) is 0 Å². The van der Waals surface area contributed by atoms with E-state index in [1.54, 1.807) is 0 Å². The van der Waals surface area contributed by atoms with E-state index in [0.29, 0.717) is 0 Å². The number of carboxylic acids is 1. The Labute approximate surface area is 69.0 Å². The number of carbonyl (C=O) groups is 2. The third-order valence-corrected chi connectivity index (χ3v) is 0.489. The zero-order chi connectivity index (χ0) is 10.1. The van der Waals surface area contributed by atoms with Crippen LogP contribution in [0.15, 0.2) is 0 Å². The van der Waals surface area contributed by atoms with Gasteiger partial charge in [0.2, 0.25) is 5.91 Å². The fraction of sp³-hybridized carbons (Fsp3) is 0.500. The van der Waals surface area contributed by atoms with Crippen molar-refractivity contribution in [3.8, 4) is 0 Å². The maximum atomic E-state index is 9.97. The van der Waals surface area contributed by atoms with Crippen molar-refractivity contribution >= 4 is 20.1 Å². The highest BCUT2D eigenvalue weighted by Gasteiger charge is 1.94. The number of nitrogens with one attached hydrogen (secondary N) is 1. The van der Waals surface area contributed by atoms with Crippen LogP contribution in [0, 0.1) is 0 Å². The predicted molar refractivity (Wildman–Crippen MR) is 39.8 cm³/mol. The normalized spacial score (nSPS) is 8.33. The van der Waals surface area contributed by atoms with Crippen molar-refractivity contribution in [2.24, 2.45) is 0 Å². The Kier molecular flexibility index (Phi) is 9.32. The molecule has 72 valence electrons. The maximum Gasteiger partial charge on any atom is 0.322 e. The molecule has 4 N–H and O–H groups in total. The number of hydrogen-bond acceptors (Lipinski definition) is 3. The molecule has 0 saturated carbocycles. The van der Waals surface area contributed by atoms with Gasteiger partial charge >= 0.3 is 14.2 Å². The molecule has 12 heavy (non-hydrogen) atoms. The first-order valence-electron chi connectivity index (χ1n) is 2.74. The highest BCUT2D eigenvalue weighted by atomic mass is 31.1. The van der Waals surface area contributed by atoms with Crippen LogP contribution < -0.4 is 5.32 Å².